The van der Waals surface area contributed by atoms with E-state index in [1.165, 1.54) is 0 Å². The Morgan fingerprint density at radius 2 is 2.10 bits per heavy atom. The van der Waals surface area contributed by atoms with Crippen LogP contribution in [0.4, 0.5) is 0 Å². The van der Waals surface area contributed by atoms with Crippen LogP contribution in [0.5, 0.6) is 0 Å². The van der Waals surface area contributed by atoms with Gasteiger partial charge in [0.2, 0.25) is 0 Å². The molecule has 1 aromatic heterocycles. The van der Waals surface area contributed by atoms with Gasteiger partial charge in [-0.05, 0) is 38.5 Å². The molecule has 2 N–H and O–H groups in total. The number of nitrogens with one attached hydrogen (secondary N) is 1. The van der Waals surface area contributed by atoms with Gasteiger partial charge in [0.25, 0.3) is 5.91 Å². The van der Waals surface area contributed by atoms with E-state index in [0.29, 0.717) is 5.56 Å². The van der Waals surface area contributed by atoms with Gasteiger partial charge in [-0.1, -0.05) is 23.2 Å². The standard InChI is InChI=1S/C15H17ClN2O2/c1-8-4-9(2)13-11(5-8)6-12(14(16)18-13)15(20)17-10(3)7-19/h4-6,10,19H,7H2,1-3H3,(H,17,20)/t10-/m0/s1. The summed E-state index contributed by atoms with van der Waals surface area (Å²) in [7, 11) is 0. The number of carbonyl (C=O) groups is 1. The second kappa shape index (κ2) is 5.77. The van der Waals surface area contributed by atoms with Crippen LogP contribution in [0.15, 0.2) is 18.2 Å². The lowest BCUT2D eigenvalue weighted by molar-refractivity contribution is 0.0922. The molecule has 20 heavy (non-hydrogen) atoms. The molecule has 0 bridgehead atoms. The van der Waals surface area contributed by atoms with Crippen LogP contribution in [-0.2, 0) is 0 Å². The summed E-state index contributed by atoms with van der Waals surface area (Å²) in [4.78, 5) is 16.4. The van der Waals surface area contributed by atoms with Gasteiger partial charge in [0.05, 0.1) is 17.7 Å². The molecule has 0 spiro atoms. The summed E-state index contributed by atoms with van der Waals surface area (Å²) < 4.78 is 0. The first-order valence-electron chi connectivity index (χ1n) is 6.41. The highest BCUT2D eigenvalue weighted by Crippen LogP contribution is 2.24. The van der Waals surface area contributed by atoms with Gasteiger partial charge in [-0.25, -0.2) is 4.98 Å². The topological polar surface area (TPSA) is 62.2 Å². The Labute approximate surface area is 122 Å². The summed E-state index contributed by atoms with van der Waals surface area (Å²) in [5.41, 5.74) is 3.25. The summed E-state index contributed by atoms with van der Waals surface area (Å²) >= 11 is 6.10. The highest BCUT2D eigenvalue weighted by Gasteiger charge is 2.15. The van der Waals surface area contributed by atoms with E-state index in [1.807, 2.05) is 26.0 Å². The Balaban J connectivity index is 2.50. The Morgan fingerprint density at radius 3 is 2.75 bits per heavy atom. The van der Waals surface area contributed by atoms with Gasteiger partial charge in [-0.3, -0.25) is 4.79 Å². The van der Waals surface area contributed by atoms with Crippen LogP contribution in [0.25, 0.3) is 10.9 Å². The third-order valence-corrected chi connectivity index (χ3v) is 3.39. The van der Waals surface area contributed by atoms with Crippen molar-refractivity contribution in [3.05, 3.63) is 40.0 Å². The second-order valence-corrected chi connectivity index (χ2v) is 5.40. The quantitative estimate of drug-likeness (QED) is 0.855. The number of pyridine rings is 1. The number of nitrogens with zero attached hydrogens (tertiary/aromatic N) is 1. The molecule has 1 amide bonds. The molecular weight excluding hydrogens is 276 g/mol. The van der Waals surface area contributed by atoms with Crippen molar-refractivity contribution in [1.29, 1.82) is 0 Å². The number of rotatable bonds is 3. The van der Waals surface area contributed by atoms with Crippen molar-refractivity contribution in [2.45, 2.75) is 26.8 Å². The van der Waals surface area contributed by atoms with E-state index in [0.717, 1.165) is 22.0 Å². The Hall–Kier alpha value is -1.65. The van der Waals surface area contributed by atoms with E-state index in [9.17, 15) is 4.79 Å². The third-order valence-electron chi connectivity index (χ3n) is 3.10. The van der Waals surface area contributed by atoms with Crippen molar-refractivity contribution < 1.29 is 9.90 Å². The number of hydrogen-bond acceptors (Lipinski definition) is 3. The number of fused-ring (bicyclic) bond motifs is 1. The zero-order valence-electron chi connectivity index (χ0n) is 11.7. The third kappa shape index (κ3) is 2.92. The minimum atomic E-state index is -0.329. The molecule has 0 aliphatic rings. The molecule has 1 aromatic carbocycles. The smallest absolute Gasteiger partial charge is 0.254 e. The molecule has 0 aliphatic heterocycles. The molecule has 2 aromatic rings. The Kier molecular flexibility index (Phi) is 4.26. The van der Waals surface area contributed by atoms with E-state index >= 15 is 0 Å². The highest BCUT2D eigenvalue weighted by atomic mass is 35.5. The summed E-state index contributed by atoms with van der Waals surface area (Å²) in [5.74, 6) is -0.329. The lowest BCUT2D eigenvalue weighted by Crippen LogP contribution is -2.35. The molecule has 4 nitrogen and oxygen atoms in total. The van der Waals surface area contributed by atoms with Crippen molar-refractivity contribution in [2.75, 3.05) is 6.61 Å². The number of aromatic nitrogens is 1. The van der Waals surface area contributed by atoms with Crippen LogP contribution in [0.1, 0.15) is 28.4 Å². The van der Waals surface area contributed by atoms with Crippen molar-refractivity contribution in [3.63, 3.8) is 0 Å². The monoisotopic (exact) mass is 292 g/mol. The molecule has 0 unspecified atom stereocenters. The van der Waals surface area contributed by atoms with Gasteiger partial charge in [0.15, 0.2) is 0 Å². The fourth-order valence-corrected chi connectivity index (χ4v) is 2.36. The minimum Gasteiger partial charge on any atom is -0.394 e. The number of aryl methyl sites for hydroxylation is 2. The van der Waals surface area contributed by atoms with Crippen LogP contribution in [0.3, 0.4) is 0 Å². The largest absolute Gasteiger partial charge is 0.394 e. The molecular formula is C15H17ClN2O2. The van der Waals surface area contributed by atoms with Crippen LogP contribution in [0.2, 0.25) is 5.15 Å². The van der Waals surface area contributed by atoms with E-state index in [-0.39, 0.29) is 23.7 Å². The minimum absolute atomic E-state index is 0.122. The summed E-state index contributed by atoms with van der Waals surface area (Å²) in [6.07, 6.45) is 0. The van der Waals surface area contributed by atoms with Crippen LogP contribution >= 0.6 is 11.6 Å². The van der Waals surface area contributed by atoms with Crippen LogP contribution in [0, 0.1) is 13.8 Å². The fraction of sp³-hybridized carbons (Fsp3) is 0.333. The van der Waals surface area contributed by atoms with E-state index in [1.54, 1.807) is 13.0 Å². The predicted octanol–water partition coefficient (Wildman–Crippen LogP) is 2.62. The molecule has 0 aliphatic carbocycles. The fourth-order valence-electron chi connectivity index (χ4n) is 2.14. The van der Waals surface area contributed by atoms with Crippen LogP contribution < -0.4 is 5.32 Å². The maximum absolute atomic E-state index is 12.1. The van der Waals surface area contributed by atoms with E-state index in [4.69, 9.17) is 16.7 Å². The summed E-state index contributed by atoms with van der Waals surface area (Å²) in [6.45, 7) is 5.55. The van der Waals surface area contributed by atoms with Crippen molar-refractivity contribution in [3.8, 4) is 0 Å². The van der Waals surface area contributed by atoms with Gasteiger partial charge in [-0.15, -0.1) is 0 Å². The maximum Gasteiger partial charge on any atom is 0.254 e. The number of benzene rings is 1. The predicted molar refractivity (Wildman–Crippen MR) is 80.2 cm³/mol. The molecule has 1 heterocycles. The first-order valence-corrected chi connectivity index (χ1v) is 6.79. The first kappa shape index (κ1) is 14.8. The van der Waals surface area contributed by atoms with E-state index in [2.05, 4.69) is 10.3 Å². The molecule has 1 atom stereocenters. The van der Waals surface area contributed by atoms with Gasteiger partial charge in [0, 0.05) is 11.4 Å². The van der Waals surface area contributed by atoms with Crippen molar-refractivity contribution in [2.24, 2.45) is 0 Å². The van der Waals surface area contributed by atoms with Crippen LogP contribution in [-0.4, -0.2) is 28.6 Å². The van der Waals surface area contributed by atoms with Crippen molar-refractivity contribution in [1.82, 2.24) is 10.3 Å². The number of aliphatic hydroxyl groups excluding tert-OH is 1. The lowest BCUT2D eigenvalue weighted by Gasteiger charge is -2.12. The average molecular weight is 293 g/mol. The van der Waals surface area contributed by atoms with Gasteiger partial charge in [0.1, 0.15) is 5.15 Å². The summed E-state index contributed by atoms with van der Waals surface area (Å²) in [6, 6.07) is 5.41. The van der Waals surface area contributed by atoms with Gasteiger partial charge >= 0.3 is 0 Å². The molecule has 0 fully saturated rings. The molecule has 0 radical (unpaired) electrons. The number of carbonyl (C=O) groups excluding carboxylic acids is 1. The SMILES string of the molecule is Cc1cc(C)c2nc(Cl)c(C(=O)N[C@@H](C)CO)cc2c1. The molecule has 106 valence electrons. The number of halogens is 1. The normalized spacial score (nSPS) is 12.4. The lowest BCUT2D eigenvalue weighted by atomic mass is 10.1. The Bertz CT molecular complexity index is 670. The molecule has 0 saturated carbocycles. The van der Waals surface area contributed by atoms with Gasteiger partial charge < -0.3 is 10.4 Å². The molecule has 2 rings (SSSR count). The van der Waals surface area contributed by atoms with Gasteiger partial charge in [-0.2, -0.15) is 0 Å². The Morgan fingerprint density at radius 1 is 1.40 bits per heavy atom. The average Bonchev–Trinajstić information content (AvgIpc) is 2.38. The van der Waals surface area contributed by atoms with E-state index < -0.39 is 0 Å². The zero-order valence-corrected chi connectivity index (χ0v) is 12.5. The zero-order chi connectivity index (χ0) is 14.9. The number of aliphatic hydroxyl groups is 1. The summed E-state index contributed by atoms with van der Waals surface area (Å²) in [5, 5.41) is 12.7. The maximum atomic E-state index is 12.1. The number of hydrogen-bond donors (Lipinski definition) is 2. The van der Waals surface area contributed by atoms with Crippen molar-refractivity contribution >= 4 is 28.4 Å². The molecule has 5 heteroatoms. The second-order valence-electron chi connectivity index (χ2n) is 5.04. The highest BCUT2D eigenvalue weighted by molar-refractivity contribution is 6.33. The first-order chi connectivity index (χ1) is 9.42. The molecule has 0 saturated heterocycles. The number of amides is 1.